The van der Waals surface area contributed by atoms with Gasteiger partial charge in [-0.15, -0.1) is 0 Å². The highest BCUT2D eigenvalue weighted by atomic mass is 16.6. The van der Waals surface area contributed by atoms with E-state index in [1.165, 1.54) is 0 Å². The molecular weight excluding hydrogens is 242 g/mol. The van der Waals surface area contributed by atoms with Gasteiger partial charge in [0.25, 0.3) is 5.69 Å². The second-order valence-corrected chi connectivity index (χ2v) is 5.53. The number of benzene rings is 1. The summed E-state index contributed by atoms with van der Waals surface area (Å²) in [6.45, 7) is 5.85. The molecule has 1 aromatic rings. The normalized spacial score (nSPS) is 18.4. The van der Waals surface area contributed by atoms with E-state index in [1.807, 2.05) is 19.2 Å². The molecular formula is C14H21N3O2. The number of hydrogen-bond donors (Lipinski definition) is 1. The van der Waals surface area contributed by atoms with Crippen molar-refractivity contribution in [1.29, 1.82) is 0 Å². The van der Waals surface area contributed by atoms with E-state index in [1.54, 1.807) is 13.0 Å². The monoisotopic (exact) mass is 263 g/mol. The average Bonchev–Trinajstić information content (AvgIpc) is 2.40. The van der Waals surface area contributed by atoms with Crippen molar-refractivity contribution < 1.29 is 4.92 Å². The SMILES string of the molecule is CNC1(C)CCN(c2ccc(C)c([N+](=O)[O-])c2)CC1. The largest absolute Gasteiger partial charge is 0.371 e. The van der Waals surface area contributed by atoms with E-state index in [0.29, 0.717) is 5.56 Å². The van der Waals surface area contributed by atoms with Gasteiger partial charge in [-0.2, -0.15) is 0 Å². The summed E-state index contributed by atoms with van der Waals surface area (Å²) in [5.41, 5.74) is 2.06. The lowest BCUT2D eigenvalue weighted by Gasteiger charge is -2.40. The number of nitro benzene ring substituents is 1. The highest BCUT2D eigenvalue weighted by Crippen LogP contribution is 2.29. The fourth-order valence-corrected chi connectivity index (χ4v) is 2.50. The summed E-state index contributed by atoms with van der Waals surface area (Å²) in [6, 6.07) is 5.50. The quantitative estimate of drug-likeness (QED) is 0.672. The van der Waals surface area contributed by atoms with Crippen molar-refractivity contribution in [2.45, 2.75) is 32.2 Å². The van der Waals surface area contributed by atoms with E-state index < -0.39 is 0 Å². The molecule has 0 saturated carbocycles. The van der Waals surface area contributed by atoms with E-state index in [9.17, 15) is 10.1 Å². The van der Waals surface area contributed by atoms with Gasteiger partial charge in [0.15, 0.2) is 0 Å². The minimum absolute atomic E-state index is 0.188. The van der Waals surface area contributed by atoms with Gasteiger partial charge in [0.05, 0.1) is 4.92 Å². The number of rotatable bonds is 3. The van der Waals surface area contributed by atoms with Gasteiger partial charge in [0.1, 0.15) is 0 Å². The van der Waals surface area contributed by atoms with Gasteiger partial charge in [-0.3, -0.25) is 10.1 Å². The van der Waals surface area contributed by atoms with Crippen LogP contribution < -0.4 is 10.2 Å². The van der Waals surface area contributed by atoms with Crippen molar-refractivity contribution in [1.82, 2.24) is 5.32 Å². The van der Waals surface area contributed by atoms with E-state index in [0.717, 1.165) is 31.6 Å². The molecule has 2 rings (SSSR count). The first-order valence-corrected chi connectivity index (χ1v) is 6.64. The minimum Gasteiger partial charge on any atom is -0.371 e. The van der Waals surface area contributed by atoms with E-state index in [4.69, 9.17) is 0 Å². The highest BCUT2D eigenvalue weighted by molar-refractivity contribution is 5.56. The van der Waals surface area contributed by atoms with Crippen LogP contribution in [0.3, 0.4) is 0 Å². The van der Waals surface area contributed by atoms with Crippen molar-refractivity contribution in [3.05, 3.63) is 33.9 Å². The first-order chi connectivity index (χ1) is 8.95. The van der Waals surface area contributed by atoms with Crippen molar-refractivity contribution in [2.24, 2.45) is 0 Å². The third kappa shape index (κ3) is 2.87. The number of anilines is 1. The Bertz CT molecular complexity index is 480. The highest BCUT2D eigenvalue weighted by Gasteiger charge is 2.28. The van der Waals surface area contributed by atoms with Crippen molar-refractivity contribution >= 4 is 11.4 Å². The maximum Gasteiger partial charge on any atom is 0.274 e. The molecule has 1 N–H and O–H groups in total. The van der Waals surface area contributed by atoms with Gasteiger partial charge in [0.2, 0.25) is 0 Å². The van der Waals surface area contributed by atoms with E-state index in [2.05, 4.69) is 17.1 Å². The van der Waals surface area contributed by atoms with Gasteiger partial charge in [-0.05, 0) is 39.8 Å². The Morgan fingerprint density at radius 2 is 2.00 bits per heavy atom. The lowest BCUT2D eigenvalue weighted by molar-refractivity contribution is -0.385. The van der Waals surface area contributed by atoms with Crippen molar-refractivity contribution in [2.75, 3.05) is 25.0 Å². The Kier molecular flexibility index (Phi) is 3.75. The average molecular weight is 263 g/mol. The summed E-state index contributed by atoms with van der Waals surface area (Å²) >= 11 is 0. The Balaban J connectivity index is 2.16. The van der Waals surface area contributed by atoms with Crippen LogP contribution in [0.2, 0.25) is 0 Å². The molecule has 0 spiro atoms. The first kappa shape index (κ1) is 13.8. The number of nitro groups is 1. The first-order valence-electron chi connectivity index (χ1n) is 6.64. The molecule has 1 fully saturated rings. The summed E-state index contributed by atoms with van der Waals surface area (Å²) in [5.74, 6) is 0. The van der Waals surface area contributed by atoms with Gasteiger partial charge < -0.3 is 10.2 Å². The third-order valence-corrected chi connectivity index (χ3v) is 4.23. The molecule has 0 amide bonds. The number of piperidine rings is 1. The molecule has 1 heterocycles. The zero-order valence-electron chi connectivity index (χ0n) is 11.8. The van der Waals surface area contributed by atoms with Crippen LogP contribution in [-0.4, -0.2) is 30.6 Å². The van der Waals surface area contributed by atoms with Crippen LogP contribution in [0.5, 0.6) is 0 Å². The van der Waals surface area contributed by atoms with Crippen LogP contribution in [0.15, 0.2) is 18.2 Å². The van der Waals surface area contributed by atoms with E-state index in [-0.39, 0.29) is 16.1 Å². The Morgan fingerprint density at radius 1 is 1.37 bits per heavy atom. The standard InChI is InChI=1S/C14H21N3O2/c1-11-4-5-12(10-13(11)17(18)19)16-8-6-14(2,15-3)7-9-16/h4-5,10,15H,6-9H2,1-3H3. The summed E-state index contributed by atoms with van der Waals surface area (Å²) in [4.78, 5) is 12.9. The minimum atomic E-state index is -0.305. The Labute approximate surface area is 113 Å². The number of nitrogens with one attached hydrogen (secondary N) is 1. The molecule has 1 saturated heterocycles. The molecule has 5 heteroatoms. The molecule has 5 nitrogen and oxygen atoms in total. The summed E-state index contributed by atoms with van der Waals surface area (Å²) in [6.07, 6.45) is 2.09. The van der Waals surface area contributed by atoms with Gasteiger partial charge in [0, 0.05) is 35.9 Å². The number of hydrogen-bond acceptors (Lipinski definition) is 4. The zero-order valence-corrected chi connectivity index (χ0v) is 11.8. The molecule has 0 aliphatic carbocycles. The lowest BCUT2D eigenvalue weighted by atomic mass is 9.89. The predicted molar refractivity (Wildman–Crippen MR) is 76.7 cm³/mol. The number of aryl methyl sites for hydroxylation is 1. The molecule has 1 aliphatic heterocycles. The van der Waals surface area contributed by atoms with Gasteiger partial charge in [-0.1, -0.05) is 6.07 Å². The smallest absolute Gasteiger partial charge is 0.274 e. The summed E-state index contributed by atoms with van der Waals surface area (Å²) in [5, 5.41) is 14.3. The molecule has 0 aromatic heterocycles. The Morgan fingerprint density at radius 3 is 2.53 bits per heavy atom. The number of nitrogens with zero attached hydrogens (tertiary/aromatic N) is 2. The maximum absolute atomic E-state index is 11.0. The van der Waals surface area contributed by atoms with Crippen LogP contribution in [0, 0.1) is 17.0 Å². The third-order valence-electron chi connectivity index (χ3n) is 4.23. The van der Waals surface area contributed by atoms with Crippen molar-refractivity contribution in [3.63, 3.8) is 0 Å². The molecule has 19 heavy (non-hydrogen) atoms. The fourth-order valence-electron chi connectivity index (χ4n) is 2.50. The molecule has 1 aromatic carbocycles. The zero-order chi connectivity index (χ0) is 14.0. The van der Waals surface area contributed by atoms with Crippen LogP contribution in [0.4, 0.5) is 11.4 Å². The second-order valence-electron chi connectivity index (χ2n) is 5.53. The van der Waals surface area contributed by atoms with Crippen LogP contribution >= 0.6 is 0 Å². The predicted octanol–water partition coefficient (Wildman–Crippen LogP) is 2.48. The summed E-state index contributed by atoms with van der Waals surface area (Å²) < 4.78 is 0. The molecule has 0 radical (unpaired) electrons. The van der Waals surface area contributed by atoms with E-state index >= 15 is 0 Å². The summed E-state index contributed by atoms with van der Waals surface area (Å²) in [7, 11) is 1.99. The maximum atomic E-state index is 11.0. The lowest BCUT2D eigenvalue weighted by Crippen LogP contribution is -2.50. The second kappa shape index (κ2) is 5.17. The fraction of sp³-hybridized carbons (Fsp3) is 0.571. The molecule has 0 unspecified atom stereocenters. The van der Waals surface area contributed by atoms with Crippen LogP contribution in [0.1, 0.15) is 25.3 Å². The Hall–Kier alpha value is -1.62. The van der Waals surface area contributed by atoms with Gasteiger partial charge in [-0.25, -0.2) is 0 Å². The molecule has 1 aliphatic rings. The van der Waals surface area contributed by atoms with Crippen LogP contribution in [-0.2, 0) is 0 Å². The van der Waals surface area contributed by atoms with Gasteiger partial charge >= 0.3 is 0 Å². The topological polar surface area (TPSA) is 58.4 Å². The molecule has 0 bridgehead atoms. The molecule has 0 atom stereocenters. The van der Waals surface area contributed by atoms with Crippen LogP contribution in [0.25, 0.3) is 0 Å². The molecule has 104 valence electrons. The van der Waals surface area contributed by atoms with Crippen molar-refractivity contribution in [3.8, 4) is 0 Å².